The van der Waals surface area contributed by atoms with Crippen molar-refractivity contribution in [3.63, 3.8) is 0 Å². The van der Waals surface area contributed by atoms with Gasteiger partial charge >= 0.3 is 0 Å². The van der Waals surface area contributed by atoms with E-state index in [0.29, 0.717) is 19.7 Å². The van der Waals surface area contributed by atoms with Crippen molar-refractivity contribution in [2.45, 2.75) is 45.4 Å². The van der Waals surface area contributed by atoms with Gasteiger partial charge in [-0.1, -0.05) is 0 Å². The Morgan fingerprint density at radius 1 is 1.42 bits per heavy atom. The molecule has 6 heteroatoms. The zero-order valence-corrected chi connectivity index (χ0v) is 13.9. The molecule has 0 bridgehead atoms. The molecule has 0 aromatic carbocycles. The smallest absolute Gasteiger partial charge is 0.117 e. The number of nitrogens with one attached hydrogen (secondary N) is 1. The lowest BCUT2D eigenvalue weighted by Crippen LogP contribution is -2.45. The fraction of sp³-hybridized carbons (Fsp3) is 0.769. The highest BCUT2D eigenvalue weighted by atomic mass is 79.9. The molecule has 19 heavy (non-hydrogen) atoms. The maximum Gasteiger partial charge on any atom is 0.117 e. The molecule has 1 aromatic heterocycles. The molecule has 0 saturated carbocycles. The van der Waals surface area contributed by atoms with E-state index in [2.05, 4.69) is 47.1 Å². The SMILES string of the molecule is COCCn1ncc(Br)c1C(C)(O)CNC(C)(C)C. The third-order valence-electron chi connectivity index (χ3n) is 2.78. The van der Waals surface area contributed by atoms with Crippen LogP contribution >= 0.6 is 15.9 Å². The molecule has 1 atom stereocenters. The van der Waals surface area contributed by atoms with Gasteiger partial charge in [0.05, 0.1) is 29.5 Å². The van der Waals surface area contributed by atoms with E-state index in [1.165, 1.54) is 0 Å². The van der Waals surface area contributed by atoms with E-state index in [4.69, 9.17) is 4.74 Å². The number of rotatable bonds is 6. The third kappa shape index (κ3) is 4.87. The molecule has 0 fully saturated rings. The van der Waals surface area contributed by atoms with Crippen LogP contribution < -0.4 is 5.32 Å². The zero-order valence-electron chi connectivity index (χ0n) is 12.3. The quantitative estimate of drug-likeness (QED) is 0.834. The first kappa shape index (κ1) is 16.6. The molecule has 0 spiro atoms. The van der Waals surface area contributed by atoms with E-state index in [-0.39, 0.29) is 5.54 Å². The van der Waals surface area contributed by atoms with Gasteiger partial charge in [0.2, 0.25) is 0 Å². The Hall–Kier alpha value is -0.430. The minimum atomic E-state index is -1.00. The Labute approximate surface area is 123 Å². The number of β-amino-alcohol motifs (C(OH)–C–C–N with tert-alkyl or cyclic N) is 1. The first-order valence-corrected chi connectivity index (χ1v) is 7.15. The minimum Gasteiger partial charge on any atom is -0.383 e. The average Bonchev–Trinajstić information content (AvgIpc) is 2.65. The number of aromatic nitrogens is 2. The first-order valence-electron chi connectivity index (χ1n) is 6.35. The summed E-state index contributed by atoms with van der Waals surface area (Å²) in [6.45, 7) is 9.62. The number of ether oxygens (including phenoxy) is 1. The van der Waals surface area contributed by atoms with Crippen molar-refractivity contribution in [2.75, 3.05) is 20.3 Å². The van der Waals surface area contributed by atoms with Gasteiger partial charge in [-0.3, -0.25) is 4.68 Å². The van der Waals surface area contributed by atoms with Gasteiger partial charge in [-0.2, -0.15) is 5.10 Å². The lowest BCUT2D eigenvalue weighted by Gasteiger charge is -2.30. The van der Waals surface area contributed by atoms with Gasteiger partial charge in [-0.25, -0.2) is 0 Å². The Morgan fingerprint density at radius 2 is 2.05 bits per heavy atom. The summed E-state index contributed by atoms with van der Waals surface area (Å²) in [6.07, 6.45) is 1.70. The van der Waals surface area contributed by atoms with Gasteiger partial charge in [0, 0.05) is 19.2 Å². The Bertz CT molecular complexity index is 411. The van der Waals surface area contributed by atoms with Gasteiger partial charge in [0.1, 0.15) is 5.60 Å². The lowest BCUT2D eigenvalue weighted by atomic mass is 10.00. The lowest BCUT2D eigenvalue weighted by molar-refractivity contribution is 0.0387. The summed E-state index contributed by atoms with van der Waals surface area (Å²) in [5.41, 5.74) is -0.286. The molecule has 2 N–H and O–H groups in total. The van der Waals surface area contributed by atoms with Crippen LogP contribution in [0.2, 0.25) is 0 Å². The molecule has 0 aliphatic carbocycles. The van der Waals surface area contributed by atoms with Crippen LogP contribution in [0.3, 0.4) is 0 Å². The van der Waals surface area contributed by atoms with E-state index < -0.39 is 5.60 Å². The molecular weight excluding hydrogens is 310 g/mol. The monoisotopic (exact) mass is 333 g/mol. The van der Waals surface area contributed by atoms with E-state index in [9.17, 15) is 5.11 Å². The van der Waals surface area contributed by atoms with Crippen LogP contribution in [0, 0.1) is 0 Å². The second kappa shape index (κ2) is 6.35. The minimum absolute atomic E-state index is 0.0478. The fourth-order valence-corrected chi connectivity index (χ4v) is 2.49. The summed E-state index contributed by atoms with van der Waals surface area (Å²) < 4.78 is 7.65. The van der Waals surface area contributed by atoms with Crippen LogP contribution in [0.25, 0.3) is 0 Å². The standard InChI is InChI=1S/C13H24BrN3O2/c1-12(2,3)15-9-13(4,18)11-10(14)8-16-17(11)6-7-19-5/h8,15,18H,6-7,9H2,1-5H3. The average molecular weight is 334 g/mol. The molecule has 1 unspecified atom stereocenters. The molecule has 1 heterocycles. The van der Waals surface area contributed by atoms with Gasteiger partial charge < -0.3 is 15.2 Å². The van der Waals surface area contributed by atoms with E-state index in [0.717, 1.165) is 10.2 Å². The highest BCUT2D eigenvalue weighted by molar-refractivity contribution is 9.10. The summed E-state index contributed by atoms with van der Waals surface area (Å²) in [5.74, 6) is 0. The Balaban J connectivity index is 2.89. The van der Waals surface area contributed by atoms with Gasteiger partial charge in [-0.15, -0.1) is 0 Å². The third-order valence-corrected chi connectivity index (χ3v) is 3.36. The van der Waals surface area contributed by atoms with Gasteiger partial charge in [0.15, 0.2) is 0 Å². The van der Waals surface area contributed by atoms with Crippen molar-refractivity contribution in [1.29, 1.82) is 0 Å². The van der Waals surface area contributed by atoms with Crippen molar-refractivity contribution >= 4 is 15.9 Å². The Morgan fingerprint density at radius 3 is 2.58 bits per heavy atom. The number of methoxy groups -OCH3 is 1. The van der Waals surface area contributed by atoms with Crippen molar-refractivity contribution in [2.24, 2.45) is 0 Å². The molecule has 0 aliphatic heterocycles. The van der Waals surface area contributed by atoms with Crippen LogP contribution in [-0.4, -0.2) is 40.7 Å². The second-order valence-corrected chi connectivity index (χ2v) is 6.79. The molecule has 1 aromatic rings. The topological polar surface area (TPSA) is 59.3 Å². The van der Waals surface area contributed by atoms with Gasteiger partial charge in [0.25, 0.3) is 0 Å². The predicted molar refractivity (Wildman–Crippen MR) is 79.1 cm³/mol. The van der Waals surface area contributed by atoms with Crippen LogP contribution in [-0.2, 0) is 16.9 Å². The molecule has 0 amide bonds. The van der Waals surface area contributed by atoms with Crippen molar-refractivity contribution < 1.29 is 9.84 Å². The number of halogens is 1. The molecule has 5 nitrogen and oxygen atoms in total. The van der Waals surface area contributed by atoms with E-state index in [1.807, 2.05) is 0 Å². The maximum atomic E-state index is 10.7. The van der Waals surface area contributed by atoms with Crippen molar-refractivity contribution in [3.05, 3.63) is 16.4 Å². The number of hydrogen-bond acceptors (Lipinski definition) is 4. The number of hydrogen-bond donors (Lipinski definition) is 2. The summed E-state index contributed by atoms with van der Waals surface area (Å²) >= 11 is 3.45. The molecule has 110 valence electrons. The van der Waals surface area contributed by atoms with Crippen LogP contribution in [0.4, 0.5) is 0 Å². The number of nitrogens with zero attached hydrogens (tertiary/aromatic N) is 2. The van der Waals surface area contributed by atoms with E-state index >= 15 is 0 Å². The van der Waals surface area contributed by atoms with Crippen molar-refractivity contribution in [3.8, 4) is 0 Å². The highest BCUT2D eigenvalue weighted by Crippen LogP contribution is 2.28. The second-order valence-electron chi connectivity index (χ2n) is 5.93. The molecule has 0 radical (unpaired) electrons. The van der Waals surface area contributed by atoms with Gasteiger partial charge in [-0.05, 0) is 43.6 Å². The molecule has 0 saturated heterocycles. The summed E-state index contributed by atoms with van der Waals surface area (Å²) in [7, 11) is 1.65. The Kier molecular flexibility index (Phi) is 5.55. The molecule has 1 rings (SSSR count). The van der Waals surface area contributed by atoms with E-state index in [1.54, 1.807) is 24.9 Å². The summed E-state index contributed by atoms with van der Waals surface area (Å²) in [6, 6.07) is 0. The normalized spacial score (nSPS) is 15.5. The largest absolute Gasteiger partial charge is 0.383 e. The molecule has 0 aliphatic rings. The summed E-state index contributed by atoms with van der Waals surface area (Å²) in [5, 5.41) is 18.3. The van der Waals surface area contributed by atoms with Crippen molar-refractivity contribution in [1.82, 2.24) is 15.1 Å². The summed E-state index contributed by atoms with van der Waals surface area (Å²) in [4.78, 5) is 0. The first-order chi connectivity index (χ1) is 8.67. The predicted octanol–water partition coefficient (Wildman–Crippen LogP) is 1.89. The maximum absolute atomic E-state index is 10.7. The fourth-order valence-electron chi connectivity index (χ4n) is 1.77. The molecular formula is C13H24BrN3O2. The van der Waals surface area contributed by atoms with Crippen LogP contribution in [0.15, 0.2) is 10.7 Å². The zero-order chi connectivity index (χ0) is 14.7. The number of aliphatic hydroxyl groups is 1. The van der Waals surface area contributed by atoms with Crippen LogP contribution in [0.5, 0.6) is 0 Å². The highest BCUT2D eigenvalue weighted by Gasteiger charge is 2.31. The van der Waals surface area contributed by atoms with Crippen LogP contribution in [0.1, 0.15) is 33.4 Å².